The maximum Gasteiger partial charge on any atom is 0.365 e. The highest BCUT2D eigenvalue weighted by molar-refractivity contribution is 6.32. The highest BCUT2D eigenvalue weighted by Gasteiger charge is 2.38. The Labute approximate surface area is 164 Å². The lowest BCUT2D eigenvalue weighted by molar-refractivity contribution is -0.0585. The van der Waals surface area contributed by atoms with E-state index < -0.39 is 17.8 Å². The molecule has 1 aromatic carbocycles. The van der Waals surface area contributed by atoms with Crippen molar-refractivity contribution in [1.82, 2.24) is 10.0 Å². The van der Waals surface area contributed by atoms with Crippen LogP contribution in [0.5, 0.6) is 5.88 Å². The molecule has 0 saturated carbocycles. The van der Waals surface area contributed by atoms with Gasteiger partial charge in [-0.25, -0.2) is 9.78 Å². The maximum absolute atomic E-state index is 12.4. The molecule has 1 fully saturated rings. The van der Waals surface area contributed by atoms with Gasteiger partial charge in [0.25, 0.3) is 11.8 Å². The number of ether oxygens (including phenoxy) is 2. The summed E-state index contributed by atoms with van der Waals surface area (Å²) in [6.45, 7) is 1.21. The second-order valence-electron chi connectivity index (χ2n) is 6.27. The number of pyridine rings is 1. The topological polar surface area (TPSA) is 95.0 Å². The molecule has 2 aliphatic rings. The van der Waals surface area contributed by atoms with Gasteiger partial charge in [0.15, 0.2) is 0 Å². The van der Waals surface area contributed by atoms with Gasteiger partial charge in [0.1, 0.15) is 11.1 Å². The largest absolute Gasteiger partial charge is 0.473 e. The summed E-state index contributed by atoms with van der Waals surface area (Å²) in [5.74, 6) is -2.13. The van der Waals surface area contributed by atoms with Crippen LogP contribution in [-0.2, 0) is 9.57 Å². The van der Waals surface area contributed by atoms with Crippen LogP contribution in [0.3, 0.4) is 0 Å². The third kappa shape index (κ3) is 3.44. The summed E-state index contributed by atoms with van der Waals surface area (Å²) in [6.07, 6.45) is 2.61. The number of rotatable bonds is 4. The molecule has 2 amide bonds. The van der Waals surface area contributed by atoms with Crippen molar-refractivity contribution in [2.24, 2.45) is 0 Å². The Hall–Kier alpha value is -2.97. The lowest BCUT2D eigenvalue weighted by Gasteiger charge is -2.23. The summed E-state index contributed by atoms with van der Waals surface area (Å²) in [7, 11) is 0. The number of hydrogen-bond acceptors (Lipinski definition) is 7. The van der Waals surface area contributed by atoms with Gasteiger partial charge in [0.2, 0.25) is 5.88 Å². The third-order valence-corrected chi connectivity index (χ3v) is 4.69. The van der Waals surface area contributed by atoms with E-state index in [4.69, 9.17) is 25.9 Å². The van der Waals surface area contributed by atoms with E-state index in [0.29, 0.717) is 18.3 Å². The molecule has 0 atom stereocenters. The van der Waals surface area contributed by atoms with Gasteiger partial charge in [0, 0.05) is 19.0 Å². The second kappa shape index (κ2) is 7.57. The van der Waals surface area contributed by atoms with Gasteiger partial charge in [-0.2, -0.15) is 0 Å². The zero-order valence-electron chi connectivity index (χ0n) is 14.6. The number of fused-ring (bicyclic) bond motifs is 1. The summed E-state index contributed by atoms with van der Waals surface area (Å²) in [5.41, 5.74) is 0.342. The van der Waals surface area contributed by atoms with E-state index >= 15 is 0 Å². The Morgan fingerprint density at radius 3 is 2.39 bits per heavy atom. The average molecular weight is 403 g/mol. The quantitative estimate of drug-likeness (QED) is 0.725. The molecule has 28 heavy (non-hydrogen) atoms. The number of imide groups is 1. The molecule has 8 nitrogen and oxygen atoms in total. The Morgan fingerprint density at radius 2 is 1.79 bits per heavy atom. The first kappa shape index (κ1) is 18.4. The number of nitrogens with zero attached hydrogens (tertiary/aromatic N) is 2. The maximum atomic E-state index is 12.4. The Bertz CT molecular complexity index is 922. The van der Waals surface area contributed by atoms with Crippen LogP contribution >= 0.6 is 11.6 Å². The van der Waals surface area contributed by atoms with Crippen molar-refractivity contribution in [1.29, 1.82) is 0 Å². The summed E-state index contributed by atoms with van der Waals surface area (Å²) in [4.78, 5) is 46.0. The number of amides is 2. The van der Waals surface area contributed by atoms with Gasteiger partial charge < -0.3 is 14.3 Å². The molecule has 0 unspecified atom stereocenters. The van der Waals surface area contributed by atoms with Gasteiger partial charge in [-0.1, -0.05) is 28.8 Å². The van der Waals surface area contributed by atoms with E-state index in [0.717, 1.165) is 12.8 Å². The fourth-order valence-electron chi connectivity index (χ4n) is 2.96. The molecular formula is C19H15ClN2O6. The SMILES string of the molecule is O=C(ON1C(=O)c2ccccc2C1=O)c1cnc(OC2CCOCC2)c(Cl)c1. The Balaban J connectivity index is 1.46. The van der Waals surface area contributed by atoms with E-state index in [2.05, 4.69) is 4.98 Å². The molecule has 4 rings (SSSR count). The van der Waals surface area contributed by atoms with Gasteiger partial charge in [-0.15, -0.1) is 0 Å². The van der Waals surface area contributed by atoms with Crippen molar-refractivity contribution >= 4 is 29.4 Å². The van der Waals surface area contributed by atoms with Crippen molar-refractivity contribution in [3.63, 3.8) is 0 Å². The average Bonchev–Trinajstić information content (AvgIpc) is 2.95. The van der Waals surface area contributed by atoms with Crippen LogP contribution in [0.1, 0.15) is 43.9 Å². The fraction of sp³-hybridized carbons (Fsp3) is 0.263. The Kier molecular flexibility index (Phi) is 4.97. The van der Waals surface area contributed by atoms with E-state index in [1.807, 2.05) is 0 Å². The highest BCUT2D eigenvalue weighted by atomic mass is 35.5. The first-order valence-corrected chi connectivity index (χ1v) is 9.02. The van der Waals surface area contributed by atoms with Crippen molar-refractivity contribution < 1.29 is 28.7 Å². The lowest BCUT2D eigenvalue weighted by Crippen LogP contribution is -2.32. The molecule has 0 aliphatic carbocycles. The van der Waals surface area contributed by atoms with Gasteiger partial charge in [-0.05, 0) is 18.2 Å². The van der Waals surface area contributed by atoms with Gasteiger partial charge >= 0.3 is 5.97 Å². The molecule has 2 aliphatic heterocycles. The Morgan fingerprint density at radius 1 is 1.14 bits per heavy atom. The third-order valence-electron chi connectivity index (χ3n) is 4.42. The normalized spacial score (nSPS) is 16.8. The monoisotopic (exact) mass is 402 g/mol. The zero-order valence-corrected chi connectivity index (χ0v) is 15.3. The number of hydrogen-bond donors (Lipinski definition) is 0. The summed E-state index contributed by atoms with van der Waals surface area (Å²) in [6, 6.07) is 7.55. The van der Waals surface area contributed by atoms with E-state index in [9.17, 15) is 14.4 Å². The standard InChI is InChI=1S/C19H15ClN2O6/c20-15-9-11(10-21-16(15)27-12-5-7-26-8-6-12)19(25)28-22-17(23)13-3-1-2-4-14(13)18(22)24/h1-4,9-10,12H,5-8H2. The minimum absolute atomic E-state index is 0.0131. The van der Waals surface area contributed by atoms with E-state index in [1.54, 1.807) is 12.1 Å². The minimum atomic E-state index is -0.929. The van der Waals surface area contributed by atoms with Crippen LogP contribution in [0.25, 0.3) is 0 Å². The predicted molar refractivity (Wildman–Crippen MR) is 96.1 cm³/mol. The molecule has 9 heteroatoms. The summed E-state index contributed by atoms with van der Waals surface area (Å²) < 4.78 is 11.0. The van der Waals surface area contributed by atoms with Crippen molar-refractivity contribution in [3.05, 3.63) is 58.2 Å². The fourth-order valence-corrected chi connectivity index (χ4v) is 3.17. The molecule has 3 heterocycles. The number of aromatic nitrogens is 1. The van der Waals surface area contributed by atoms with Crippen LogP contribution in [0.4, 0.5) is 0 Å². The van der Waals surface area contributed by atoms with Crippen molar-refractivity contribution in [3.8, 4) is 5.88 Å². The van der Waals surface area contributed by atoms with Crippen molar-refractivity contribution in [2.75, 3.05) is 13.2 Å². The zero-order chi connectivity index (χ0) is 19.7. The first-order valence-electron chi connectivity index (χ1n) is 8.64. The summed E-state index contributed by atoms with van der Waals surface area (Å²) in [5, 5.41) is 0.566. The predicted octanol–water partition coefficient (Wildman–Crippen LogP) is 2.66. The first-order chi connectivity index (χ1) is 13.5. The van der Waals surface area contributed by atoms with Gasteiger partial charge in [0.05, 0.1) is 29.9 Å². The molecule has 0 N–H and O–H groups in total. The number of carbonyl (C=O) groups is 3. The molecule has 0 bridgehead atoms. The number of carbonyl (C=O) groups excluding carboxylic acids is 3. The number of hydroxylamine groups is 2. The van der Waals surface area contributed by atoms with Crippen LogP contribution in [0.2, 0.25) is 5.02 Å². The smallest absolute Gasteiger partial charge is 0.365 e. The van der Waals surface area contributed by atoms with E-state index in [-0.39, 0.29) is 33.7 Å². The van der Waals surface area contributed by atoms with E-state index in [1.165, 1.54) is 24.4 Å². The number of halogens is 1. The van der Waals surface area contributed by atoms with Crippen LogP contribution in [0.15, 0.2) is 36.5 Å². The van der Waals surface area contributed by atoms with Crippen molar-refractivity contribution in [2.45, 2.75) is 18.9 Å². The minimum Gasteiger partial charge on any atom is -0.473 e. The molecule has 2 aromatic rings. The number of benzene rings is 1. The molecule has 0 spiro atoms. The summed E-state index contributed by atoms with van der Waals surface area (Å²) >= 11 is 6.17. The molecule has 0 radical (unpaired) electrons. The van der Waals surface area contributed by atoms with Gasteiger partial charge in [-0.3, -0.25) is 9.59 Å². The van der Waals surface area contributed by atoms with Crippen LogP contribution in [-0.4, -0.2) is 47.1 Å². The van der Waals surface area contributed by atoms with Crippen LogP contribution < -0.4 is 4.74 Å². The molecule has 144 valence electrons. The second-order valence-corrected chi connectivity index (χ2v) is 6.68. The molecule has 1 aromatic heterocycles. The lowest BCUT2D eigenvalue weighted by atomic mass is 10.1. The van der Waals surface area contributed by atoms with Crippen LogP contribution in [0, 0.1) is 0 Å². The highest BCUT2D eigenvalue weighted by Crippen LogP contribution is 2.27. The molecule has 1 saturated heterocycles. The molecular weight excluding hydrogens is 388 g/mol.